The lowest BCUT2D eigenvalue weighted by Gasteiger charge is -2.04. The molecule has 4 heteroatoms. The Morgan fingerprint density at radius 1 is 1.54 bits per heavy atom. The fourth-order valence-electron chi connectivity index (χ4n) is 0.928. The molecular weight excluding hydrogens is 232 g/mol. The predicted octanol–water partition coefficient (Wildman–Crippen LogP) is 1.74. The minimum atomic E-state index is -0.289. The van der Waals surface area contributed by atoms with Gasteiger partial charge in [-0.3, -0.25) is 4.79 Å². The van der Waals surface area contributed by atoms with Crippen molar-refractivity contribution in [2.24, 2.45) is 5.73 Å². The third-order valence-corrected chi connectivity index (χ3v) is 2.02. The third-order valence-electron chi connectivity index (χ3n) is 1.53. The molecule has 0 saturated carbocycles. The molecule has 0 saturated heterocycles. The van der Waals surface area contributed by atoms with Gasteiger partial charge in [-0.25, -0.2) is 0 Å². The maximum absolute atomic E-state index is 10.4. The second-order valence-corrected chi connectivity index (χ2v) is 3.57. The molecule has 0 fully saturated rings. The van der Waals surface area contributed by atoms with Crippen LogP contribution in [0.5, 0.6) is 0 Å². The number of primary amides is 1. The molecule has 0 atom stereocenters. The van der Waals surface area contributed by atoms with Crippen LogP contribution in [0.1, 0.15) is 6.42 Å². The van der Waals surface area contributed by atoms with Crippen molar-refractivity contribution < 1.29 is 4.79 Å². The van der Waals surface area contributed by atoms with Crippen LogP contribution in [0, 0.1) is 0 Å². The van der Waals surface area contributed by atoms with E-state index in [1.54, 1.807) is 0 Å². The van der Waals surface area contributed by atoms with Crippen LogP contribution >= 0.6 is 15.9 Å². The van der Waals surface area contributed by atoms with Crippen LogP contribution < -0.4 is 11.1 Å². The number of carbonyl (C=O) groups excluding carboxylic acids is 1. The smallest absolute Gasteiger partial charge is 0.219 e. The SMILES string of the molecule is NC(=O)CCNc1cccc(Br)c1. The molecule has 0 bridgehead atoms. The number of nitrogens with one attached hydrogen (secondary N) is 1. The van der Waals surface area contributed by atoms with Crippen LogP contribution in [-0.4, -0.2) is 12.5 Å². The Bertz CT molecular complexity index is 301. The van der Waals surface area contributed by atoms with Crippen LogP contribution in [0.4, 0.5) is 5.69 Å². The molecule has 0 spiro atoms. The van der Waals surface area contributed by atoms with Crippen molar-refractivity contribution in [2.75, 3.05) is 11.9 Å². The first-order chi connectivity index (χ1) is 6.18. The topological polar surface area (TPSA) is 55.1 Å². The standard InChI is InChI=1S/C9H11BrN2O/c10-7-2-1-3-8(6-7)12-5-4-9(11)13/h1-3,6,12H,4-5H2,(H2,11,13). The van der Waals surface area contributed by atoms with Gasteiger partial charge in [0.05, 0.1) is 0 Å². The highest BCUT2D eigenvalue weighted by Gasteiger charge is 1.95. The quantitative estimate of drug-likeness (QED) is 0.846. The zero-order valence-corrected chi connectivity index (χ0v) is 8.67. The minimum absolute atomic E-state index is 0.289. The van der Waals surface area contributed by atoms with Gasteiger partial charge in [0, 0.05) is 23.1 Å². The largest absolute Gasteiger partial charge is 0.384 e. The van der Waals surface area contributed by atoms with Crippen LogP contribution in [0.25, 0.3) is 0 Å². The summed E-state index contributed by atoms with van der Waals surface area (Å²) in [6.45, 7) is 0.575. The number of nitrogens with two attached hydrogens (primary N) is 1. The summed E-state index contributed by atoms with van der Waals surface area (Å²) in [5.41, 5.74) is 5.98. The van der Waals surface area contributed by atoms with Gasteiger partial charge in [-0.15, -0.1) is 0 Å². The van der Waals surface area contributed by atoms with Gasteiger partial charge in [0.25, 0.3) is 0 Å². The van der Waals surface area contributed by atoms with E-state index < -0.39 is 0 Å². The first-order valence-corrected chi connectivity index (χ1v) is 4.75. The fraction of sp³-hybridized carbons (Fsp3) is 0.222. The highest BCUT2D eigenvalue weighted by atomic mass is 79.9. The summed E-state index contributed by atoms with van der Waals surface area (Å²) in [5, 5.41) is 3.09. The molecule has 0 aliphatic rings. The van der Waals surface area contributed by atoms with Gasteiger partial charge in [-0.05, 0) is 18.2 Å². The van der Waals surface area contributed by atoms with E-state index in [-0.39, 0.29) is 5.91 Å². The molecule has 1 rings (SSSR count). The zero-order chi connectivity index (χ0) is 9.68. The molecule has 0 aliphatic carbocycles. The molecule has 13 heavy (non-hydrogen) atoms. The van der Waals surface area contributed by atoms with Crippen LogP contribution in [-0.2, 0) is 4.79 Å². The van der Waals surface area contributed by atoms with Crippen molar-refractivity contribution in [2.45, 2.75) is 6.42 Å². The molecule has 0 aliphatic heterocycles. The highest BCUT2D eigenvalue weighted by molar-refractivity contribution is 9.10. The molecule has 3 N–H and O–H groups in total. The Morgan fingerprint density at radius 2 is 2.31 bits per heavy atom. The molecule has 3 nitrogen and oxygen atoms in total. The van der Waals surface area contributed by atoms with Gasteiger partial charge in [-0.2, -0.15) is 0 Å². The van der Waals surface area contributed by atoms with Gasteiger partial charge < -0.3 is 11.1 Å². The first kappa shape index (κ1) is 10.1. The van der Waals surface area contributed by atoms with E-state index in [1.807, 2.05) is 24.3 Å². The van der Waals surface area contributed by atoms with E-state index in [0.29, 0.717) is 13.0 Å². The maximum atomic E-state index is 10.4. The third kappa shape index (κ3) is 3.94. The lowest BCUT2D eigenvalue weighted by Crippen LogP contribution is -2.15. The molecule has 70 valence electrons. The molecule has 0 unspecified atom stereocenters. The van der Waals surface area contributed by atoms with E-state index in [9.17, 15) is 4.79 Å². The van der Waals surface area contributed by atoms with Crippen LogP contribution in [0.15, 0.2) is 28.7 Å². The van der Waals surface area contributed by atoms with Crippen LogP contribution in [0.3, 0.4) is 0 Å². The lowest BCUT2D eigenvalue weighted by molar-refractivity contribution is -0.117. The molecular formula is C9H11BrN2O. The summed E-state index contributed by atoms with van der Waals surface area (Å²) < 4.78 is 1.01. The van der Waals surface area contributed by atoms with E-state index in [2.05, 4.69) is 21.2 Å². The number of carbonyl (C=O) groups is 1. The van der Waals surface area contributed by atoms with Gasteiger partial charge >= 0.3 is 0 Å². The Labute approximate surface area is 85.4 Å². The Kier molecular flexibility index (Phi) is 3.76. The van der Waals surface area contributed by atoms with Crippen molar-refractivity contribution >= 4 is 27.5 Å². The average Bonchev–Trinajstić information content (AvgIpc) is 2.03. The fourth-order valence-corrected chi connectivity index (χ4v) is 1.33. The minimum Gasteiger partial charge on any atom is -0.384 e. The Hall–Kier alpha value is -1.03. The molecule has 1 aromatic carbocycles. The number of halogens is 1. The van der Waals surface area contributed by atoms with Gasteiger partial charge in [0.15, 0.2) is 0 Å². The Balaban J connectivity index is 2.41. The molecule has 0 heterocycles. The number of rotatable bonds is 4. The van der Waals surface area contributed by atoms with E-state index in [0.717, 1.165) is 10.2 Å². The van der Waals surface area contributed by atoms with Crippen molar-refractivity contribution in [3.63, 3.8) is 0 Å². The van der Waals surface area contributed by atoms with Gasteiger partial charge in [-0.1, -0.05) is 22.0 Å². The van der Waals surface area contributed by atoms with Crippen molar-refractivity contribution in [3.05, 3.63) is 28.7 Å². The second kappa shape index (κ2) is 4.87. The summed E-state index contributed by atoms with van der Waals surface area (Å²) in [6.07, 6.45) is 0.354. The summed E-state index contributed by atoms with van der Waals surface area (Å²) in [6, 6.07) is 7.75. The molecule has 1 amide bonds. The van der Waals surface area contributed by atoms with Gasteiger partial charge in [0.1, 0.15) is 0 Å². The number of hydrogen-bond acceptors (Lipinski definition) is 2. The monoisotopic (exact) mass is 242 g/mol. The van der Waals surface area contributed by atoms with E-state index >= 15 is 0 Å². The molecule has 1 aromatic rings. The lowest BCUT2D eigenvalue weighted by atomic mass is 10.3. The summed E-state index contributed by atoms with van der Waals surface area (Å²) in [4.78, 5) is 10.4. The van der Waals surface area contributed by atoms with Crippen molar-refractivity contribution in [3.8, 4) is 0 Å². The number of benzene rings is 1. The zero-order valence-electron chi connectivity index (χ0n) is 7.09. The van der Waals surface area contributed by atoms with Crippen molar-refractivity contribution in [1.29, 1.82) is 0 Å². The number of amides is 1. The normalized spacial score (nSPS) is 9.62. The predicted molar refractivity (Wildman–Crippen MR) is 56.4 cm³/mol. The maximum Gasteiger partial charge on any atom is 0.219 e. The van der Waals surface area contributed by atoms with Crippen molar-refractivity contribution in [1.82, 2.24) is 0 Å². The second-order valence-electron chi connectivity index (χ2n) is 2.65. The molecule has 0 radical (unpaired) electrons. The van der Waals surface area contributed by atoms with E-state index in [4.69, 9.17) is 5.73 Å². The summed E-state index contributed by atoms with van der Waals surface area (Å²) in [7, 11) is 0. The highest BCUT2D eigenvalue weighted by Crippen LogP contribution is 2.15. The summed E-state index contributed by atoms with van der Waals surface area (Å²) in [5.74, 6) is -0.289. The Morgan fingerprint density at radius 3 is 2.92 bits per heavy atom. The van der Waals surface area contributed by atoms with Gasteiger partial charge in [0.2, 0.25) is 5.91 Å². The van der Waals surface area contributed by atoms with Crippen LogP contribution in [0.2, 0.25) is 0 Å². The number of hydrogen-bond donors (Lipinski definition) is 2. The van der Waals surface area contributed by atoms with E-state index in [1.165, 1.54) is 0 Å². The summed E-state index contributed by atoms with van der Waals surface area (Å²) >= 11 is 3.35. The molecule has 0 aromatic heterocycles. The average molecular weight is 243 g/mol. The first-order valence-electron chi connectivity index (χ1n) is 3.96. The number of anilines is 1.